The topological polar surface area (TPSA) is 105 Å². The molecule has 0 bridgehead atoms. The lowest BCUT2D eigenvalue weighted by atomic mass is 10.2. The third kappa shape index (κ3) is 2.46. The van der Waals surface area contributed by atoms with Crippen LogP contribution < -0.4 is 5.32 Å². The van der Waals surface area contributed by atoms with Crippen LogP contribution in [-0.2, 0) is 0 Å². The Morgan fingerprint density at radius 2 is 2.00 bits per heavy atom. The van der Waals surface area contributed by atoms with Crippen molar-refractivity contribution in [2.75, 3.05) is 5.32 Å². The van der Waals surface area contributed by atoms with Gasteiger partial charge in [0.05, 0.1) is 18.0 Å². The van der Waals surface area contributed by atoms with Gasteiger partial charge in [0.1, 0.15) is 11.4 Å². The number of carboxylic acids is 1. The third-order valence-electron chi connectivity index (χ3n) is 2.12. The van der Waals surface area contributed by atoms with Crippen LogP contribution in [0.25, 0.3) is 0 Å². The zero-order valence-corrected chi connectivity index (χ0v) is 9.07. The zero-order chi connectivity index (χ0) is 13.0. The Morgan fingerprint density at radius 3 is 2.67 bits per heavy atom. The van der Waals surface area contributed by atoms with Gasteiger partial charge in [0.15, 0.2) is 0 Å². The van der Waals surface area contributed by atoms with Gasteiger partial charge in [-0.25, -0.2) is 9.78 Å². The van der Waals surface area contributed by atoms with E-state index in [0.717, 1.165) is 0 Å². The Morgan fingerprint density at radius 1 is 1.17 bits per heavy atom. The van der Waals surface area contributed by atoms with Crippen LogP contribution in [0.3, 0.4) is 0 Å². The normalized spacial score (nSPS) is 9.78. The average Bonchev–Trinajstić information content (AvgIpc) is 2.40. The summed E-state index contributed by atoms with van der Waals surface area (Å²) in [5.74, 6) is -1.66. The second kappa shape index (κ2) is 5.00. The second-order valence-electron chi connectivity index (χ2n) is 3.29. The number of aromatic nitrogens is 3. The Balaban J connectivity index is 2.25. The number of carboxylic acid groups (broad SMARTS) is 1. The molecule has 0 saturated heterocycles. The number of hydrogen-bond donors (Lipinski definition) is 2. The number of rotatable bonds is 3. The van der Waals surface area contributed by atoms with Crippen molar-refractivity contribution in [2.24, 2.45) is 0 Å². The molecule has 0 spiro atoms. The van der Waals surface area contributed by atoms with E-state index in [1.165, 1.54) is 36.8 Å². The van der Waals surface area contributed by atoms with E-state index in [-0.39, 0.29) is 16.9 Å². The fourth-order valence-corrected chi connectivity index (χ4v) is 1.28. The van der Waals surface area contributed by atoms with E-state index in [9.17, 15) is 9.59 Å². The van der Waals surface area contributed by atoms with Gasteiger partial charge in [0.2, 0.25) is 0 Å². The Kier molecular flexibility index (Phi) is 3.24. The average molecular weight is 244 g/mol. The number of anilines is 1. The third-order valence-corrected chi connectivity index (χ3v) is 2.12. The van der Waals surface area contributed by atoms with Gasteiger partial charge in [-0.15, -0.1) is 0 Å². The van der Waals surface area contributed by atoms with Crippen molar-refractivity contribution < 1.29 is 14.7 Å². The molecular weight excluding hydrogens is 236 g/mol. The molecule has 2 N–H and O–H groups in total. The molecule has 0 radical (unpaired) electrons. The first-order valence-electron chi connectivity index (χ1n) is 4.95. The molecule has 0 aliphatic carbocycles. The van der Waals surface area contributed by atoms with Gasteiger partial charge in [-0.1, -0.05) is 0 Å². The number of carbonyl (C=O) groups excluding carboxylic acids is 1. The highest BCUT2D eigenvalue weighted by Crippen LogP contribution is 2.12. The summed E-state index contributed by atoms with van der Waals surface area (Å²) in [7, 11) is 0. The maximum atomic E-state index is 11.8. The molecular formula is C11H8N4O3. The summed E-state index contributed by atoms with van der Waals surface area (Å²) >= 11 is 0. The van der Waals surface area contributed by atoms with Crippen molar-refractivity contribution in [3.8, 4) is 0 Å². The quantitative estimate of drug-likeness (QED) is 0.828. The predicted molar refractivity (Wildman–Crippen MR) is 61.2 cm³/mol. The maximum absolute atomic E-state index is 11.8. The summed E-state index contributed by atoms with van der Waals surface area (Å²) in [4.78, 5) is 26.5. The number of hydrogen-bond acceptors (Lipinski definition) is 5. The lowest BCUT2D eigenvalue weighted by Gasteiger charge is -2.06. The van der Waals surface area contributed by atoms with Crippen molar-refractivity contribution >= 4 is 17.7 Å². The molecule has 2 aromatic heterocycles. The van der Waals surface area contributed by atoms with Gasteiger partial charge in [0, 0.05) is 6.20 Å². The fourth-order valence-electron chi connectivity index (χ4n) is 1.28. The standard InChI is InChI=1S/C11H8N4O3/c16-10(7-3-5-13-14-6-7)15-9-8(11(17)18)2-1-4-12-9/h1-6H,(H,17,18)(H,12,15,16). The molecule has 0 unspecified atom stereocenters. The SMILES string of the molecule is O=C(Nc1ncccc1C(=O)O)c1ccnnc1. The lowest BCUT2D eigenvalue weighted by molar-refractivity contribution is 0.0697. The summed E-state index contributed by atoms with van der Waals surface area (Å²) in [6.45, 7) is 0. The van der Waals surface area contributed by atoms with Gasteiger partial charge < -0.3 is 10.4 Å². The summed E-state index contributed by atoms with van der Waals surface area (Å²) in [5, 5.41) is 18.4. The van der Waals surface area contributed by atoms with Crippen LogP contribution in [0.4, 0.5) is 5.82 Å². The zero-order valence-electron chi connectivity index (χ0n) is 9.07. The Bertz CT molecular complexity index is 586. The highest BCUT2D eigenvalue weighted by molar-refractivity contribution is 6.06. The van der Waals surface area contributed by atoms with Crippen LogP contribution in [0.2, 0.25) is 0 Å². The molecule has 0 aromatic carbocycles. The van der Waals surface area contributed by atoms with Crippen LogP contribution in [0.1, 0.15) is 20.7 Å². The van der Waals surface area contributed by atoms with Gasteiger partial charge in [-0.05, 0) is 18.2 Å². The van der Waals surface area contributed by atoms with Gasteiger partial charge in [-0.3, -0.25) is 4.79 Å². The van der Waals surface area contributed by atoms with Crippen LogP contribution in [-0.4, -0.2) is 32.2 Å². The molecule has 7 nitrogen and oxygen atoms in total. The number of pyridine rings is 1. The van der Waals surface area contributed by atoms with Crippen molar-refractivity contribution in [3.63, 3.8) is 0 Å². The highest BCUT2D eigenvalue weighted by Gasteiger charge is 2.14. The smallest absolute Gasteiger partial charge is 0.339 e. The van der Waals surface area contributed by atoms with E-state index in [1.807, 2.05) is 0 Å². The Labute approximate surface area is 102 Å². The molecule has 2 rings (SSSR count). The van der Waals surface area contributed by atoms with Gasteiger partial charge in [-0.2, -0.15) is 10.2 Å². The van der Waals surface area contributed by atoms with Crippen LogP contribution in [0.5, 0.6) is 0 Å². The van der Waals surface area contributed by atoms with Crippen molar-refractivity contribution in [2.45, 2.75) is 0 Å². The number of amides is 1. The van der Waals surface area contributed by atoms with E-state index in [4.69, 9.17) is 5.11 Å². The number of aromatic carboxylic acids is 1. The first kappa shape index (κ1) is 11.6. The molecule has 0 atom stereocenters. The second-order valence-corrected chi connectivity index (χ2v) is 3.29. The molecule has 1 amide bonds. The van der Waals surface area contributed by atoms with Gasteiger partial charge >= 0.3 is 5.97 Å². The minimum absolute atomic E-state index is 0.00758. The Hall–Kier alpha value is -2.83. The van der Waals surface area contributed by atoms with Crippen LogP contribution in [0, 0.1) is 0 Å². The molecule has 0 saturated carbocycles. The minimum Gasteiger partial charge on any atom is -0.478 e. The van der Waals surface area contributed by atoms with E-state index in [2.05, 4.69) is 20.5 Å². The maximum Gasteiger partial charge on any atom is 0.339 e. The molecule has 2 aromatic rings. The van der Waals surface area contributed by atoms with E-state index >= 15 is 0 Å². The number of carbonyl (C=O) groups is 2. The molecule has 90 valence electrons. The molecule has 0 fully saturated rings. The van der Waals surface area contributed by atoms with Crippen molar-refractivity contribution in [3.05, 3.63) is 47.9 Å². The highest BCUT2D eigenvalue weighted by atomic mass is 16.4. The molecule has 0 aliphatic rings. The first-order chi connectivity index (χ1) is 8.68. The van der Waals surface area contributed by atoms with Crippen molar-refractivity contribution in [1.82, 2.24) is 15.2 Å². The van der Waals surface area contributed by atoms with Crippen LogP contribution >= 0.6 is 0 Å². The summed E-state index contributed by atoms with van der Waals surface area (Å²) in [5.41, 5.74) is 0.194. The molecule has 0 aliphatic heterocycles. The summed E-state index contributed by atoms with van der Waals surface area (Å²) in [6, 6.07) is 4.30. The number of nitrogens with one attached hydrogen (secondary N) is 1. The molecule has 2 heterocycles. The lowest BCUT2D eigenvalue weighted by Crippen LogP contribution is -2.16. The summed E-state index contributed by atoms with van der Waals surface area (Å²) < 4.78 is 0. The van der Waals surface area contributed by atoms with E-state index < -0.39 is 11.9 Å². The summed E-state index contributed by atoms with van der Waals surface area (Å²) in [6.07, 6.45) is 4.04. The molecule has 7 heteroatoms. The van der Waals surface area contributed by atoms with Gasteiger partial charge in [0.25, 0.3) is 5.91 Å². The van der Waals surface area contributed by atoms with E-state index in [1.54, 1.807) is 0 Å². The predicted octanol–water partition coefficient (Wildman–Crippen LogP) is 0.822. The first-order valence-corrected chi connectivity index (χ1v) is 4.95. The minimum atomic E-state index is -1.16. The van der Waals surface area contributed by atoms with Crippen molar-refractivity contribution in [1.29, 1.82) is 0 Å². The number of nitrogens with zero attached hydrogens (tertiary/aromatic N) is 3. The molecule has 18 heavy (non-hydrogen) atoms. The van der Waals surface area contributed by atoms with Crippen LogP contribution in [0.15, 0.2) is 36.8 Å². The fraction of sp³-hybridized carbons (Fsp3) is 0. The monoisotopic (exact) mass is 244 g/mol. The largest absolute Gasteiger partial charge is 0.478 e. The van der Waals surface area contributed by atoms with E-state index in [0.29, 0.717) is 0 Å².